The summed E-state index contributed by atoms with van der Waals surface area (Å²) in [6.07, 6.45) is 1.86. The summed E-state index contributed by atoms with van der Waals surface area (Å²) in [6.45, 7) is 6.67. The van der Waals surface area contributed by atoms with Crippen molar-refractivity contribution in [1.82, 2.24) is 4.72 Å². The smallest absolute Gasteiger partial charge is 0.263 e. The molecule has 2 aromatic carbocycles. The number of aryl methyl sites for hydroxylation is 1. The second-order valence-electron chi connectivity index (χ2n) is 7.89. The Kier molecular flexibility index (Phi) is 4.94. The third kappa shape index (κ3) is 3.55. The Bertz CT molecular complexity index is 1110. The maximum absolute atomic E-state index is 13.2. The lowest BCUT2D eigenvalue weighted by Gasteiger charge is -2.31. The van der Waals surface area contributed by atoms with Gasteiger partial charge in [0.2, 0.25) is 0 Å². The van der Waals surface area contributed by atoms with Gasteiger partial charge in [0.25, 0.3) is 15.9 Å². The van der Waals surface area contributed by atoms with E-state index in [0.29, 0.717) is 18.0 Å². The summed E-state index contributed by atoms with van der Waals surface area (Å²) < 4.78 is 27.0. The van der Waals surface area contributed by atoms with Gasteiger partial charge in [0.05, 0.1) is 4.90 Å². The third-order valence-corrected chi connectivity index (χ3v) is 6.89. The molecule has 0 spiro atoms. The average Bonchev–Trinajstić information content (AvgIpc) is 2.96. The predicted molar refractivity (Wildman–Crippen MR) is 114 cm³/mol. The highest BCUT2D eigenvalue weighted by molar-refractivity contribution is 7.90. The summed E-state index contributed by atoms with van der Waals surface area (Å²) in [5, 5.41) is 0. The molecule has 0 unspecified atom stereocenters. The highest BCUT2D eigenvalue weighted by Crippen LogP contribution is 2.31. The summed E-state index contributed by atoms with van der Waals surface area (Å²) >= 11 is 0. The molecule has 2 aliphatic heterocycles. The number of hydrogen-bond donors (Lipinski definition) is 1. The Morgan fingerprint density at radius 2 is 1.90 bits per heavy atom. The molecule has 0 fully saturated rings. The molecule has 1 amide bonds. The van der Waals surface area contributed by atoms with Gasteiger partial charge in [-0.25, -0.2) is 8.42 Å². The molecule has 2 aromatic rings. The summed E-state index contributed by atoms with van der Waals surface area (Å²) in [4.78, 5) is 19.6. The zero-order chi connectivity index (χ0) is 20.8. The number of nitrogens with one attached hydrogen (secondary N) is 1. The molecular weight excluding hydrogens is 386 g/mol. The molecule has 152 valence electrons. The molecule has 0 aliphatic carbocycles. The van der Waals surface area contributed by atoms with E-state index in [1.807, 2.05) is 6.07 Å². The van der Waals surface area contributed by atoms with E-state index in [9.17, 15) is 13.2 Å². The molecule has 0 bridgehead atoms. The van der Waals surface area contributed by atoms with Crippen molar-refractivity contribution in [2.75, 3.05) is 11.4 Å². The molecule has 29 heavy (non-hydrogen) atoms. The summed E-state index contributed by atoms with van der Waals surface area (Å²) in [5.74, 6) is 0.542. The maximum atomic E-state index is 13.2. The van der Waals surface area contributed by atoms with Crippen molar-refractivity contribution in [3.63, 3.8) is 0 Å². The topological polar surface area (TPSA) is 78.8 Å². The number of anilines is 1. The Labute approximate surface area is 171 Å². The van der Waals surface area contributed by atoms with Crippen LogP contribution in [-0.4, -0.2) is 32.7 Å². The molecule has 0 saturated carbocycles. The van der Waals surface area contributed by atoms with Crippen LogP contribution in [0.1, 0.15) is 49.8 Å². The van der Waals surface area contributed by atoms with Crippen LogP contribution in [0.4, 0.5) is 5.69 Å². The number of fused-ring (bicyclic) bond motifs is 2. The number of carbonyl (C=O) groups is 1. The van der Waals surface area contributed by atoms with Crippen molar-refractivity contribution >= 4 is 27.5 Å². The molecule has 2 aliphatic rings. The van der Waals surface area contributed by atoms with Gasteiger partial charge in [-0.05, 0) is 55.0 Å². The van der Waals surface area contributed by atoms with Crippen LogP contribution in [-0.2, 0) is 21.2 Å². The Hall–Kier alpha value is -2.67. The molecule has 6 nitrogen and oxygen atoms in total. The SMILES string of the molecule is CC(C)c1ccc2c(c1)CCCN2C(=O)[C@H](C)N=C1NS(=O)(=O)c2ccccc21. The molecular formula is C22H25N3O3S. The fourth-order valence-electron chi connectivity index (χ4n) is 3.91. The number of sulfonamides is 1. The number of nitrogens with zero attached hydrogens (tertiary/aromatic N) is 2. The van der Waals surface area contributed by atoms with E-state index in [2.05, 4.69) is 35.7 Å². The lowest BCUT2D eigenvalue weighted by Crippen LogP contribution is -2.41. The minimum absolute atomic E-state index is 0.126. The van der Waals surface area contributed by atoms with Crippen LogP contribution in [0, 0.1) is 0 Å². The van der Waals surface area contributed by atoms with Crippen molar-refractivity contribution in [2.45, 2.75) is 50.5 Å². The fraction of sp³-hybridized carbons (Fsp3) is 0.364. The normalized spacial score (nSPS) is 19.6. The highest BCUT2D eigenvalue weighted by atomic mass is 32.2. The first-order chi connectivity index (χ1) is 13.8. The number of carbonyl (C=O) groups excluding carboxylic acids is 1. The van der Waals surface area contributed by atoms with Crippen molar-refractivity contribution < 1.29 is 13.2 Å². The molecule has 1 atom stereocenters. The Morgan fingerprint density at radius 1 is 1.14 bits per heavy atom. The first-order valence-electron chi connectivity index (χ1n) is 9.92. The third-order valence-electron chi connectivity index (χ3n) is 5.50. The molecule has 4 rings (SSSR count). The van der Waals surface area contributed by atoms with Crippen molar-refractivity contribution in [3.05, 3.63) is 59.2 Å². The zero-order valence-corrected chi connectivity index (χ0v) is 17.7. The van der Waals surface area contributed by atoms with E-state index in [-0.39, 0.29) is 16.6 Å². The van der Waals surface area contributed by atoms with Crippen molar-refractivity contribution in [3.8, 4) is 0 Å². The summed E-state index contributed by atoms with van der Waals surface area (Å²) in [7, 11) is -3.62. The lowest BCUT2D eigenvalue weighted by atomic mass is 9.94. The standard InChI is InChI=1S/C22H25N3O3S/c1-14(2)16-10-11-19-17(13-16)7-6-12-25(19)22(26)15(3)23-21-18-8-4-5-9-20(18)29(27,28)24-21/h4-5,8-11,13-15H,6-7,12H2,1-3H3,(H,23,24)/t15-/m0/s1. The average molecular weight is 412 g/mol. The number of amidine groups is 1. The van der Waals surface area contributed by atoms with Crippen LogP contribution < -0.4 is 9.62 Å². The van der Waals surface area contributed by atoms with Gasteiger partial charge < -0.3 is 4.90 Å². The number of rotatable bonds is 3. The monoisotopic (exact) mass is 411 g/mol. The lowest BCUT2D eigenvalue weighted by molar-refractivity contribution is -0.119. The van der Waals surface area contributed by atoms with Gasteiger partial charge in [-0.1, -0.05) is 38.1 Å². The summed E-state index contributed by atoms with van der Waals surface area (Å²) in [6, 6.07) is 12.3. The maximum Gasteiger partial charge on any atom is 0.263 e. The minimum atomic E-state index is -3.62. The van der Waals surface area contributed by atoms with Crippen LogP contribution in [0.3, 0.4) is 0 Å². The van der Waals surface area contributed by atoms with Crippen LogP contribution in [0.2, 0.25) is 0 Å². The molecule has 7 heteroatoms. The molecule has 0 aromatic heterocycles. The van der Waals surface area contributed by atoms with E-state index < -0.39 is 16.1 Å². The van der Waals surface area contributed by atoms with Crippen LogP contribution in [0.25, 0.3) is 0 Å². The number of benzene rings is 2. The van der Waals surface area contributed by atoms with Gasteiger partial charge in [0, 0.05) is 17.8 Å². The van der Waals surface area contributed by atoms with Crippen molar-refractivity contribution in [2.24, 2.45) is 4.99 Å². The molecule has 0 saturated heterocycles. The van der Waals surface area contributed by atoms with E-state index in [4.69, 9.17) is 0 Å². The van der Waals surface area contributed by atoms with E-state index in [1.165, 1.54) is 11.1 Å². The number of aliphatic imine (C=N–C) groups is 1. The first-order valence-corrected chi connectivity index (χ1v) is 11.4. The second kappa shape index (κ2) is 7.30. The number of hydrogen-bond acceptors (Lipinski definition) is 4. The predicted octanol–water partition coefficient (Wildman–Crippen LogP) is 3.22. The fourth-order valence-corrected chi connectivity index (χ4v) is 5.15. The van der Waals surface area contributed by atoms with Gasteiger partial charge in [-0.15, -0.1) is 0 Å². The van der Waals surface area contributed by atoms with Crippen LogP contribution >= 0.6 is 0 Å². The van der Waals surface area contributed by atoms with Gasteiger partial charge in [0.1, 0.15) is 11.9 Å². The van der Waals surface area contributed by atoms with E-state index in [1.54, 1.807) is 36.1 Å². The van der Waals surface area contributed by atoms with Crippen molar-refractivity contribution in [1.29, 1.82) is 0 Å². The van der Waals surface area contributed by atoms with Crippen LogP contribution in [0.15, 0.2) is 52.4 Å². The Balaban J connectivity index is 1.63. The molecule has 1 N–H and O–H groups in total. The zero-order valence-electron chi connectivity index (χ0n) is 16.8. The van der Waals surface area contributed by atoms with Gasteiger partial charge in [-0.3, -0.25) is 14.5 Å². The first kappa shape index (κ1) is 19.6. The number of amides is 1. The minimum Gasteiger partial charge on any atom is -0.310 e. The van der Waals surface area contributed by atoms with Crippen LogP contribution in [0.5, 0.6) is 0 Å². The van der Waals surface area contributed by atoms with Gasteiger partial charge in [-0.2, -0.15) is 0 Å². The molecule has 2 heterocycles. The largest absolute Gasteiger partial charge is 0.310 e. The van der Waals surface area contributed by atoms with Gasteiger partial charge >= 0.3 is 0 Å². The quantitative estimate of drug-likeness (QED) is 0.842. The second-order valence-corrected chi connectivity index (χ2v) is 9.54. The Morgan fingerprint density at radius 3 is 2.66 bits per heavy atom. The highest BCUT2D eigenvalue weighted by Gasteiger charge is 2.32. The van der Waals surface area contributed by atoms with E-state index in [0.717, 1.165) is 18.5 Å². The van der Waals surface area contributed by atoms with E-state index >= 15 is 0 Å². The molecule has 0 radical (unpaired) electrons. The summed E-state index contributed by atoms with van der Waals surface area (Å²) in [5.41, 5.74) is 3.89. The van der Waals surface area contributed by atoms with Gasteiger partial charge in [0.15, 0.2) is 0 Å².